The minimum Gasteiger partial charge on any atom is -0.459 e. The van der Waals surface area contributed by atoms with Crippen LogP contribution in [0.2, 0.25) is 0 Å². The molecule has 0 unspecified atom stereocenters. The van der Waals surface area contributed by atoms with E-state index in [2.05, 4.69) is 4.98 Å². The van der Waals surface area contributed by atoms with Crippen LogP contribution in [0, 0.1) is 5.41 Å². The predicted molar refractivity (Wildman–Crippen MR) is 81.6 cm³/mol. The first-order chi connectivity index (χ1) is 10.3. The summed E-state index contributed by atoms with van der Waals surface area (Å²) >= 11 is 1.76. The Kier molecular flexibility index (Phi) is 2.85. The Morgan fingerprint density at radius 3 is 3.10 bits per heavy atom. The average Bonchev–Trinajstić information content (AvgIpc) is 3.06. The molecule has 0 radical (unpaired) electrons. The zero-order chi connectivity index (χ0) is 14.4. The van der Waals surface area contributed by atoms with Crippen LogP contribution >= 0.6 is 11.8 Å². The zero-order valence-corrected chi connectivity index (χ0v) is 12.0. The molecule has 0 bridgehead atoms. The molecule has 6 heteroatoms. The second-order valence-corrected chi connectivity index (χ2v) is 6.20. The SMILES string of the molecule is N=C1O[C@@H]2CSC[C@@H]2N1C(=O)c1cccc2cccnc12. The van der Waals surface area contributed by atoms with Crippen LogP contribution in [0.25, 0.3) is 10.9 Å². The van der Waals surface area contributed by atoms with E-state index in [-0.39, 0.29) is 24.1 Å². The number of carbonyl (C=O) groups excluding carboxylic acids is 1. The fourth-order valence-electron chi connectivity index (χ4n) is 2.88. The van der Waals surface area contributed by atoms with Crippen LogP contribution in [0.3, 0.4) is 0 Å². The number of benzene rings is 1. The van der Waals surface area contributed by atoms with Gasteiger partial charge in [-0.15, -0.1) is 0 Å². The maximum absolute atomic E-state index is 12.9. The number of thioether (sulfide) groups is 1. The Bertz CT molecular complexity index is 743. The zero-order valence-electron chi connectivity index (χ0n) is 11.2. The van der Waals surface area contributed by atoms with Crippen molar-refractivity contribution in [3.8, 4) is 0 Å². The van der Waals surface area contributed by atoms with Crippen molar-refractivity contribution in [1.82, 2.24) is 9.88 Å². The van der Waals surface area contributed by atoms with Gasteiger partial charge in [-0.2, -0.15) is 11.8 Å². The third-order valence-corrected chi connectivity index (χ3v) is 5.04. The van der Waals surface area contributed by atoms with Gasteiger partial charge in [0.05, 0.1) is 17.1 Å². The maximum atomic E-state index is 12.9. The number of hydrogen-bond donors (Lipinski definition) is 1. The van der Waals surface area contributed by atoms with Gasteiger partial charge in [0, 0.05) is 23.1 Å². The van der Waals surface area contributed by atoms with Crippen molar-refractivity contribution in [2.75, 3.05) is 11.5 Å². The lowest BCUT2D eigenvalue weighted by molar-refractivity contribution is 0.0825. The summed E-state index contributed by atoms with van der Waals surface area (Å²) in [7, 11) is 0. The molecular weight excluding hydrogens is 286 g/mol. The first kappa shape index (κ1) is 12.6. The van der Waals surface area contributed by atoms with E-state index in [1.807, 2.05) is 24.3 Å². The molecule has 3 heterocycles. The quantitative estimate of drug-likeness (QED) is 0.876. The summed E-state index contributed by atoms with van der Waals surface area (Å²) in [5.74, 6) is 1.46. The van der Waals surface area contributed by atoms with Crippen LogP contribution in [0.5, 0.6) is 0 Å². The molecule has 1 amide bonds. The molecule has 0 aliphatic carbocycles. The van der Waals surface area contributed by atoms with Gasteiger partial charge in [0.15, 0.2) is 0 Å². The van der Waals surface area contributed by atoms with Gasteiger partial charge in [0.2, 0.25) is 0 Å². The highest BCUT2D eigenvalue weighted by atomic mass is 32.2. The number of nitrogens with one attached hydrogen (secondary N) is 1. The third kappa shape index (κ3) is 1.90. The number of nitrogens with zero attached hydrogens (tertiary/aromatic N) is 2. The number of aromatic nitrogens is 1. The number of hydrogen-bond acceptors (Lipinski definition) is 5. The molecule has 0 saturated carbocycles. The molecule has 106 valence electrons. The minimum atomic E-state index is -0.195. The van der Waals surface area contributed by atoms with Crippen molar-refractivity contribution in [1.29, 1.82) is 5.41 Å². The lowest BCUT2D eigenvalue weighted by Gasteiger charge is -2.19. The molecule has 1 aromatic heterocycles. The molecule has 21 heavy (non-hydrogen) atoms. The molecule has 2 aliphatic heterocycles. The van der Waals surface area contributed by atoms with Crippen molar-refractivity contribution in [2.45, 2.75) is 12.1 Å². The highest BCUT2D eigenvalue weighted by Crippen LogP contribution is 2.33. The van der Waals surface area contributed by atoms with E-state index in [9.17, 15) is 4.79 Å². The van der Waals surface area contributed by atoms with E-state index >= 15 is 0 Å². The van der Waals surface area contributed by atoms with Gasteiger partial charge in [-0.1, -0.05) is 18.2 Å². The number of ether oxygens (including phenoxy) is 1. The number of para-hydroxylation sites is 1. The standard InChI is InChI=1S/C15H13N3O2S/c16-15-18(11-7-21-8-12(11)20-15)14(19)10-5-1-3-9-4-2-6-17-13(9)10/h1-6,11-12,16H,7-8H2/t11-,12+/m0/s1. The predicted octanol–water partition coefficient (Wildman–Crippen LogP) is 2.13. The van der Waals surface area contributed by atoms with Gasteiger partial charge in [-0.3, -0.25) is 20.1 Å². The Labute approximate surface area is 125 Å². The van der Waals surface area contributed by atoms with Crippen LogP contribution in [-0.2, 0) is 4.74 Å². The molecule has 2 fully saturated rings. The molecule has 2 atom stereocenters. The summed E-state index contributed by atoms with van der Waals surface area (Å²) in [4.78, 5) is 18.7. The molecule has 2 saturated heterocycles. The monoisotopic (exact) mass is 299 g/mol. The van der Waals surface area contributed by atoms with Crippen molar-refractivity contribution in [3.63, 3.8) is 0 Å². The second kappa shape index (κ2) is 4.73. The number of amides is 1. The van der Waals surface area contributed by atoms with Crippen molar-refractivity contribution >= 4 is 34.6 Å². The Morgan fingerprint density at radius 1 is 1.33 bits per heavy atom. The van der Waals surface area contributed by atoms with E-state index in [0.717, 1.165) is 16.9 Å². The van der Waals surface area contributed by atoms with Crippen molar-refractivity contribution < 1.29 is 9.53 Å². The Hall–Kier alpha value is -2.08. The van der Waals surface area contributed by atoms with Gasteiger partial charge in [-0.05, 0) is 12.1 Å². The number of fused-ring (bicyclic) bond motifs is 2. The highest BCUT2D eigenvalue weighted by Gasteiger charge is 2.46. The maximum Gasteiger partial charge on any atom is 0.292 e. The van der Waals surface area contributed by atoms with E-state index in [1.54, 1.807) is 24.0 Å². The summed E-state index contributed by atoms with van der Waals surface area (Å²) in [6, 6.07) is 9.25. The fraction of sp³-hybridized carbons (Fsp3) is 0.267. The van der Waals surface area contributed by atoms with E-state index in [1.165, 1.54) is 4.90 Å². The van der Waals surface area contributed by atoms with Gasteiger partial charge >= 0.3 is 0 Å². The van der Waals surface area contributed by atoms with Crippen LogP contribution in [0.1, 0.15) is 10.4 Å². The Balaban J connectivity index is 1.78. The molecular formula is C15H13N3O2S. The van der Waals surface area contributed by atoms with Gasteiger partial charge in [0.25, 0.3) is 11.9 Å². The smallest absolute Gasteiger partial charge is 0.292 e. The molecule has 0 spiro atoms. The Morgan fingerprint density at radius 2 is 2.19 bits per heavy atom. The number of pyridine rings is 1. The molecule has 2 aliphatic rings. The van der Waals surface area contributed by atoms with E-state index < -0.39 is 0 Å². The van der Waals surface area contributed by atoms with Gasteiger partial charge in [-0.25, -0.2) is 0 Å². The van der Waals surface area contributed by atoms with Crippen LogP contribution in [0.4, 0.5) is 0 Å². The molecule has 1 N–H and O–H groups in total. The first-order valence-corrected chi connectivity index (χ1v) is 7.91. The summed E-state index contributed by atoms with van der Waals surface area (Å²) in [5, 5.41) is 8.87. The van der Waals surface area contributed by atoms with Gasteiger partial charge < -0.3 is 4.74 Å². The molecule has 2 aromatic rings. The van der Waals surface area contributed by atoms with Crippen LogP contribution < -0.4 is 0 Å². The van der Waals surface area contributed by atoms with Crippen LogP contribution in [-0.4, -0.2) is 45.5 Å². The largest absolute Gasteiger partial charge is 0.459 e. The topological polar surface area (TPSA) is 66.3 Å². The highest BCUT2D eigenvalue weighted by molar-refractivity contribution is 7.99. The normalized spacial score (nSPS) is 24.2. The van der Waals surface area contributed by atoms with Crippen molar-refractivity contribution in [3.05, 3.63) is 42.1 Å². The van der Waals surface area contributed by atoms with Crippen molar-refractivity contribution in [2.24, 2.45) is 0 Å². The summed E-state index contributed by atoms with van der Waals surface area (Å²) < 4.78 is 5.50. The summed E-state index contributed by atoms with van der Waals surface area (Å²) in [6.07, 6.45) is 1.63. The number of rotatable bonds is 1. The van der Waals surface area contributed by atoms with Crippen LogP contribution in [0.15, 0.2) is 36.5 Å². The lowest BCUT2D eigenvalue weighted by Crippen LogP contribution is -2.41. The fourth-order valence-corrected chi connectivity index (χ4v) is 4.14. The summed E-state index contributed by atoms with van der Waals surface area (Å²) in [5.41, 5.74) is 1.20. The van der Waals surface area contributed by atoms with E-state index in [4.69, 9.17) is 10.1 Å². The average molecular weight is 299 g/mol. The lowest BCUT2D eigenvalue weighted by atomic mass is 10.1. The minimum absolute atomic E-state index is 0.0334. The summed E-state index contributed by atoms with van der Waals surface area (Å²) in [6.45, 7) is 0. The van der Waals surface area contributed by atoms with Gasteiger partial charge in [0.1, 0.15) is 6.10 Å². The first-order valence-electron chi connectivity index (χ1n) is 6.76. The molecule has 4 rings (SSSR count). The second-order valence-electron chi connectivity index (χ2n) is 5.12. The number of carbonyl (C=O) groups is 1. The number of amidine groups is 1. The third-order valence-electron chi connectivity index (χ3n) is 3.90. The molecule has 5 nitrogen and oxygen atoms in total. The van der Waals surface area contributed by atoms with E-state index in [0.29, 0.717) is 11.1 Å². The molecule has 1 aromatic carbocycles.